The molecule has 4 fully saturated rings. The Morgan fingerprint density at radius 2 is 1.05 bits per heavy atom. The van der Waals surface area contributed by atoms with Crippen LogP contribution in [-0.2, 0) is 39.9 Å². The molecule has 2 saturated heterocycles. The van der Waals surface area contributed by atoms with E-state index in [1.54, 1.807) is 36.4 Å². The van der Waals surface area contributed by atoms with Crippen molar-refractivity contribution in [3.63, 3.8) is 0 Å². The lowest BCUT2D eigenvalue weighted by molar-refractivity contribution is -0.899. The van der Waals surface area contributed by atoms with E-state index in [1.165, 1.54) is 17.9 Å². The van der Waals surface area contributed by atoms with Gasteiger partial charge >= 0.3 is 24.3 Å². The van der Waals surface area contributed by atoms with Crippen molar-refractivity contribution in [2.24, 2.45) is 11.8 Å². The first kappa shape index (κ1) is 66.0. The molecule has 6 unspecified atom stereocenters. The Kier molecular flexibility index (Phi) is 23.3. The van der Waals surface area contributed by atoms with Gasteiger partial charge in [-0.3, -0.25) is 0 Å². The molecule has 23 heteroatoms. The lowest BCUT2D eigenvalue weighted by atomic mass is 9.75. The summed E-state index contributed by atoms with van der Waals surface area (Å²) in [5.41, 5.74) is -2.84. The first-order valence-electron chi connectivity index (χ1n) is 28.2. The number of rotatable bonds is 18. The van der Waals surface area contributed by atoms with Gasteiger partial charge in [0.25, 0.3) is 0 Å². The number of carboxylic acids is 2. The van der Waals surface area contributed by atoms with E-state index in [-0.39, 0.29) is 29.8 Å². The standard InChI is InChI=1S/C30H38NO5.C27H35N2O5.2C2HF3O2/c1-31(18-9-21-34-27-15-7-11-23-10-5-6-14-26(23)27)19-17-25(22-31)36-29(32)30(33,28-16-8-20-35-28)24-12-3-2-4-13-24;1-29(14-7-17-32-23-11-5-8-21(18-23)19-28)15-13-24(20-29)34-26(30)27(31,25-12-6-16-33-25)22-9-3-2-4-10-22;2*3-2(4,5)1(6)7/h5-8,10-11,14-16,20,24-25,33H,2-4,9,12-13,17-19,21-22H2,1H3;5-6,8,11-12,16,18,22,24,31H,2-4,7,9-10,13-15,17,20H2,1H3;2*(H,6,7)/q2*+1;;/p-2. The number of carbonyl (C=O) groups excluding carboxylic acids is 4. The van der Waals surface area contributed by atoms with Crippen LogP contribution in [0.3, 0.4) is 0 Å². The Bertz CT molecular complexity index is 2910. The minimum Gasteiger partial charge on any atom is -0.542 e. The minimum atomic E-state index is -5.19. The fourth-order valence-corrected chi connectivity index (χ4v) is 11.6. The zero-order valence-corrected chi connectivity index (χ0v) is 47.1. The maximum absolute atomic E-state index is 13.4. The minimum absolute atomic E-state index is 0.168. The number of nitriles is 1. The monoisotopic (exact) mass is 1190 g/mol. The number of hydrogen-bond acceptors (Lipinski definition) is 15. The maximum atomic E-state index is 13.4. The second kappa shape index (κ2) is 29.6. The summed E-state index contributed by atoms with van der Waals surface area (Å²) >= 11 is 0. The molecule has 2 N–H and O–H groups in total. The summed E-state index contributed by atoms with van der Waals surface area (Å²) in [6.45, 7) is 6.37. The average Bonchev–Trinajstić information content (AvgIpc) is 2.45. The number of halogens is 6. The van der Waals surface area contributed by atoms with Gasteiger partial charge in [0.2, 0.25) is 11.2 Å². The second-order valence-corrected chi connectivity index (χ2v) is 22.4. The number of nitrogens with zero attached hydrogens (tertiary/aromatic N) is 3. The van der Waals surface area contributed by atoms with Gasteiger partial charge in [0.15, 0.2) is 12.2 Å². The third-order valence-corrected chi connectivity index (χ3v) is 16.0. The molecule has 4 heterocycles. The van der Waals surface area contributed by atoms with E-state index in [1.807, 2.05) is 36.4 Å². The highest BCUT2D eigenvalue weighted by Gasteiger charge is 2.53. The number of carboxylic acid groups (broad SMARTS) is 2. The summed E-state index contributed by atoms with van der Waals surface area (Å²) < 4.78 is 99.6. The number of aliphatic carboxylic acids is 2. The molecule has 0 bridgehead atoms. The summed E-state index contributed by atoms with van der Waals surface area (Å²) in [7, 11) is 4.38. The molecule has 2 saturated carbocycles. The fraction of sp³-hybridized carbons (Fsp3) is 0.525. The third-order valence-electron chi connectivity index (χ3n) is 16.0. The summed E-state index contributed by atoms with van der Waals surface area (Å²) in [6.07, 6.45) is 5.04. The van der Waals surface area contributed by atoms with E-state index in [4.69, 9.17) is 52.8 Å². The van der Waals surface area contributed by atoms with Crippen molar-refractivity contribution in [1.29, 1.82) is 5.26 Å². The Morgan fingerprint density at radius 3 is 1.49 bits per heavy atom. The molecule has 84 heavy (non-hydrogen) atoms. The van der Waals surface area contributed by atoms with Crippen molar-refractivity contribution in [2.75, 3.05) is 66.6 Å². The number of aliphatic hydroxyl groups is 2. The molecule has 6 atom stereocenters. The summed E-state index contributed by atoms with van der Waals surface area (Å²) in [5, 5.41) is 52.1. The van der Waals surface area contributed by atoms with Gasteiger partial charge in [0.1, 0.15) is 48.0 Å². The Balaban J connectivity index is 0.000000220. The number of esters is 2. The molecule has 17 nitrogen and oxygen atoms in total. The van der Waals surface area contributed by atoms with Crippen molar-refractivity contribution in [1.82, 2.24) is 0 Å². The van der Waals surface area contributed by atoms with E-state index >= 15 is 0 Å². The second-order valence-electron chi connectivity index (χ2n) is 22.4. The predicted octanol–water partition coefficient (Wildman–Crippen LogP) is 8.18. The van der Waals surface area contributed by atoms with E-state index in [9.17, 15) is 46.1 Å². The molecule has 2 aliphatic carbocycles. The highest BCUT2D eigenvalue weighted by molar-refractivity contribution is 5.88. The lowest BCUT2D eigenvalue weighted by Gasteiger charge is -2.35. The fourth-order valence-electron chi connectivity index (χ4n) is 11.6. The van der Waals surface area contributed by atoms with Crippen molar-refractivity contribution in [2.45, 2.75) is 126 Å². The summed E-state index contributed by atoms with van der Waals surface area (Å²) in [4.78, 5) is 44.3. The van der Waals surface area contributed by atoms with Gasteiger partial charge in [-0.15, -0.1) is 0 Å². The number of fused-ring (bicyclic) bond motifs is 1. The number of ether oxygens (including phenoxy) is 4. The number of hydrogen-bond donors (Lipinski definition) is 2. The van der Waals surface area contributed by atoms with E-state index in [2.05, 4.69) is 38.4 Å². The van der Waals surface area contributed by atoms with Crippen LogP contribution >= 0.6 is 0 Å². The zero-order valence-electron chi connectivity index (χ0n) is 47.1. The number of quaternary nitrogens is 2. The van der Waals surface area contributed by atoms with Crippen LogP contribution < -0.4 is 19.7 Å². The third kappa shape index (κ3) is 18.2. The van der Waals surface area contributed by atoms with Crippen LogP contribution in [0.5, 0.6) is 11.5 Å². The highest BCUT2D eigenvalue weighted by atomic mass is 19.4. The van der Waals surface area contributed by atoms with Gasteiger partial charge in [0.05, 0.1) is 77.6 Å². The molecule has 4 aliphatic rings. The summed E-state index contributed by atoms with van der Waals surface area (Å²) in [5.74, 6) is -5.27. The van der Waals surface area contributed by atoms with Gasteiger partial charge in [-0.1, -0.05) is 81.0 Å². The van der Waals surface area contributed by atoms with Crippen LogP contribution in [0.1, 0.15) is 107 Å². The number of alkyl halides is 6. The molecule has 5 aromatic rings. The number of benzene rings is 3. The van der Waals surface area contributed by atoms with Gasteiger partial charge in [-0.25, -0.2) is 9.59 Å². The molecule has 3 aromatic carbocycles. The van der Waals surface area contributed by atoms with Crippen LogP contribution in [0.2, 0.25) is 0 Å². The molecule has 458 valence electrons. The molecule has 0 radical (unpaired) electrons. The molecular weight excluding hydrogens is 1110 g/mol. The van der Waals surface area contributed by atoms with Crippen molar-refractivity contribution in [3.05, 3.63) is 121 Å². The number of furan rings is 2. The largest absolute Gasteiger partial charge is 0.542 e. The van der Waals surface area contributed by atoms with E-state index in [0.29, 0.717) is 36.8 Å². The van der Waals surface area contributed by atoms with Gasteiger partial charge in [-0.05, 0) is 79.6 Å². The van der Waals surface area contributed by atoms with Crippen LogP contribution in [0, 0.1) is 23.2 Å². The summed E-state index contributed by atoms with van der Waals surface area (Å²) in [6, 6.07) is 30.5. The first-order chi connectivity index (χ1) is 39.8. The SMILES string of the molecule is C[N+]1(CCCOc2cccc(C#N)c2)CCC(OC(=O)C(O)(c2ccco2)C2CCCCC2)C1.C[N+]1(CCCOc2cccc3ccccc23)CCC(OC(=O)C(O)(c2ccco2)C2CCCCC2)C1.O=C([O-])C(F)(F)F.O=C([O-])C(F)(F)F. The molecule has 2 aromatic heterocycles. The topological polar surface area (TPSA) is 242 Å². The average molecular weight is 1190 g/mol. The van der Waals surface area contributed by atoms with E-state index in [0.717, 1.165) is 143 Å². The van der Waals surface area contributed by atoms with E-state index < -0.39 is 47.4 Å². The van der Waals surface area contributed by atoms with Crippen LogP contribution in [0.4, 0.5) is 26.3 Å². The van der Waals surface area contributed by atoms with Gasteiger partial charge in [-0.2, -0.15) is 31.6 Å². The van der Waals surface area contributed by atoms with Crippen molar-refractivity contribution in [3.8, 4) is 17.6 Å². The first-order valence-corrected chi connectivity index (χ1v) is 28.2. The highest BCUT2D eigenvalue weighted by Crippen LogP contribution is 2.43. The Hall–Kier alpha value is -7.13. The van der Waals surface area contributed by atoms with Crippen LogP contribution in [-0.4, -0.2) is 134 Å². The van der Waals surface area contributed by atoms with Gasteiger partial charge < -0.3 is 66.8 Å². The number of likely N-dealkylation sites (tertiary alicyclic amines) is 2. The normalized spacial score (nSPS) is 22.4. The quantitative estimate of drug-likeness (QED) is 0.0364. The van der Waals surface area contributed by atoms with Crippen molar-refractivity contribution >= 4 is 34.6 Å². The maximum Gasteiger partial charge on any atom is 0.430 e. The predicted molar refractivity (Wildman–Crippen MR) is 286 cm³/mol. The number of likely N-dealkylation sites (N-methyl/N-ethyl adjacent to an activating group) is 2. The van der Waals surface area contributed by atoms with Crippen molar-refractivity contribution < 1.29 is 103 Å². The Labute approximate surface area is 483 Å². The smallest absolute Gasteiger partial charge is 0.430 e. The van der Waals surface area contributed by atoms with Crippen LogP contribution in [0.25, 0.3) is 10.8 Å². The zero-order chi connectivity index (χ0) is 61.2. The molecule has 0 amide bonds. The molecule has 0 spiro atoms. The molecule has 2 aliphatic heterocycles. The van der Waals surface area contributed by atoms with Gasteiger partial charge in [0, 0.05) is 42.9 Å². The Morgan fingerprint density at radius 1 is 0.607 bits per heavy atom. The van der Waals surface area contributed by atoms with Crippen LogP contribution in [0.15, 0.2) is 112 Å². The number of carbonyl (C=O) groups is 4. The molecule has 9 rings (SSSR count). The lowest BCUT2D eigenvalue weighted by Crippen LogP contribution is -2.47. The molecular formula is C61H73F6N3O14.